The van der Waals surface area contributed by atoms with Crippen LogP contribution in [0.15, 0.2) is 17.8 Å². The van der Waals surface area contributed by atoms with Crippen molar-refractivity contribution < 1.29 is 19.1 Å². The number of anilines is 1. The van der Waals surface area contributed by atoms with Gasteiger partial charge in [0.25, 0.3) is 5.91 Å². The molecule has 1 aliphatic heterocycles. The number of carbonyl (C=O) groups is 2. The van der Waals surface area contributed by atoms with E-state index in [1.807, 2.05) is 20.8 Å². The van der Waals surface area contributed by atoms with Gasteiger partial charge >= 0.3 is 6.09 Å². The number of aromatic amines is 1. The van der Waals surface area contributed by atoms with E-state index in [1.54, 1.807) is 13.1 Å². The minimum Gasteiger partial charge on any atom is -0.444 e. The number of alkyl carbamates (subject to hydrolysis) is 1. The van der Waals surface area contributed by atoms with Crippen molar-refractivity contribution in [1.29, 1.82) is 5.41 Å². The van der Waals surface area contributed by atoms with Gasteiger partial charge in [-0.15, -0.1) is 0 Å². The number of nitrogens with zero attached hydrogens (tertiary/aromatic N) is 1. The predicted octanol–water partition coefficient (Wildman–Crippen LogP) is 1.46. The summed E-state index contributed by atoms with van der Waals surface area (Å²) in [5.74, 6) is -0.0778. The van der Waals surface area contributed by atoms with Gasteiger partial charge in [0.15, 0.2) is 5.82 Å². The zero-order chi connectivity index (χ0) is 20.0. The molecule has 148 valence electrons. The Morgan fingerprint density at radius 2 is 2.19 bits per heavy atom. The van der Waals surface area contributed by atoms with Crippen molar-refractivity contribution >= 4 is 24.0 Å². The normalized spacial score (nSPS) is 20.1. The molecule has 0 bridgehead atoms. The van der Waals surface area contributed by atoms with Crippen molar-refractivity contribution in [2.24, 2.45) is 0 Å². The minimum absolute atomic E-state index is 0.241. The van der Waals surface area contributed by atoms with Crippen LogP contribution in [0.4, 0.5) is 10.6 Å². The Bertz CT molecular complexity index is 721. The molecule has 0 aromatic carbocycles. The average Bonchev–Trinajstić information content (AvgIpc) is 3.19. The molecule has 1 aliphatic rings. The van der Waals surface area contributed by atoms with Gasteiger partial charge in [-0.1, -0.05) is 0 Å². The molecule has 5 N–H and O–H groups in total. The monoisotopic (exact) mass is 378 g/mol. The highest BCUT2D eigenvalue weighted by atomic mass is 16.6. The maximum atomic E-state index is 12.1. The van der Waals surface area contributed by atoms with E-state index in [2.05, 4.69) is 26.1 Å². The Morgan fingerprint density at radius 1 is 1.44 bits per heavy atom. The van der Waals surface area contributed by atoms with Crippen molar-refractivity contribution in [1.82, 2.24) is 20.8 Å². The van der Waals surface area contributed by atoms with E-state index >= 15 is 0 Å². The molecule has 2 atom stereocenters. The molecular formula is C17H26N6O4. The van der Waals surface area contributed by atoms with E-state index in [1.165, 1.54) is 6.08 Å². The van der Waals surface area contributed by atoms with Crippen LogP contribution in [-0.4, -0.2) is 53.7 Å². The molecule has 10 heteroatoms. The van der Waals surface area contributed by atoms with Crippen molar-refractivity contribution in [3.63, 3.8) is 0 Å². The van der Waals surface area contributed by atoms with Crippen LogP contribution in [0.1, 0.15) is 39.0 Å². The van der Waals surface area contributed by atoms with Gasteiger partial charge in [0, 0.05) is 31.3 Å². The first-order valence-electron chi connectivity index (χ1n) is 8.57. The van der Waals surface area contributed by atoms with Gasteiger partial charge < -0.3 is 30.8 Å². The lowest BCUT2D eigenvalue weighted by Crippen LogP contribution is -2.42. The highest BCUT2D eigenvalue weighted by Gasteiger charge is 2.31. The number of amides is 2. The summed E-state index contributed by atoms with van der Waals surface area (Å²) in [5, 5.41) is 22.0. The fraction of sp³-hybridized carbons (Fsp3) is 0.529. The summed E-state index contributed by atoms with van der Waals surface area (Å²) < 4.78 is 11.0. The van der Waals surface area contributed by atoms with E-state index in [4.69, 9.17) is 14.9 Å². The van der Waals surface area contributed by atoms with Crippen LogP contribution in [0.25, 0.3) is 0 Å². The highest BCUT2D eigenvalue weighted by molar-refractivity contribution is 6.04. The van der Waals surface area contributed by atoms with Crippen LogP contribution in [0.5, 0.6) is 0 Å². The number of hydrogen-bond donors (Lipinski definition) is 5. The number of carbonyl (C=O) groups excluding carboxylic acids is 2. The van der Waals surface area contributed by atoms with E-state index in [0.717, 1.165) is 6.21 Å². The number of ether oxygens (including phenoxy) is 2. The summed E-state index contributed by atoms with van der Waals surface area (Å²) in [6.45, 7) is 5.91. The summed E-state index contributed by atoms with van der Waals surface area (Å²) in [4.78, 5) is 23.9. The lowest BCUT2D eigenvalue weighted by atomic mass is 10.1. The van der Waals surface area contributed by atoms with Gasteiger partial charge in [-0.3, -0.25) is 9.89 Å². The fourth-order valence-electron chi connectivity index (χ4n) is 2.49. The quantitative estimate of drug-likeness (QED) is 0.375. The van der Waals surface area contributed by atoms with Gasteiger partial charge in [-0.2, -0.15) is 5.10 Å². The number of likely N-dealkylation sites (N-methyl/N-ethyl adjacent to an activating group) is 1. The third-order valence-electron chi connectivity index (χ3n) is 3.66. The Balaban J connectivity index is 1.90. The zero-order valence-electron chi connectivity index (χ0n) is 15.9. The molecule has 0 spiro atoms. The Hall–Kier alpha value is -2.88. The predicted molar refractivity (Wildman–Crippen MR) is 99.6 cm³/mol. The number of H-pyrrole nitrogens is 1. The average molecular weight is 378 g/mol. The maximum absolute atomic E-state index is 12.1. The van der Waals surface area contributed by atoms with Crippen LogP contribution in [0.2, 0.25) is 0 Å². The molecule has 1 saturated heterocycles. The molecule has 1 fully saturated rings. The number of aromatic nitrogens is 2. The topological polar surface area (TPSA) is 141 Å². The van der Waals surface area contributed by atoms with Crippen LogP contribution >= 0.6 is 0 Å². The van der Waals surface area contributed by atoms with Gasteiger partial charge in [0.1, 0.15) is 17.9 Å². The minimum atomic E-state index is -0.480. The summed E-state index contributed by atoms with van der Waals surface area (Å²) in [6.07, 6.45) is 1.70. The summed E-state index contributed by atoms with van der Waals surface area (Å²) in [6, 6.07) is 1.66. The van der Waals surface area contributed by atoms with E-state index < -0.39 is 12.0 Å². The number of allylic oxidation sites excluding steroid dienone is 1. The first-order chi connectivity index (χ1) is 12.7. The van der Waals surface area contributed by atoms with Gasteiger partial charge in [-0.25, -0.2) is 4.79 Å². The Kier molecular flexibility index (Phi) is 6.56. The second kappa shape index (κ2) is 8.67. The summed E-state index contributed by atoms with van der Waals surface area (Å²) in [5.41, 5.74) is 0.546. The lowest BCUT2D eigenvalue weighted by Gasteiger charge is -2.21. The van der Waals surface area contributed by atoms with E-state index in [0.29, 0.717) is 17.9 Å². The molecule has 0 aliphatic carbocycles. The lowest BCUT2D eigenvalue weighted by molar-refractivity contribution is -0.113. The van der Waals surface area contributed by atoms with Crippen LogP contribution < -0.4 is 16.0 Å². The van der Waals surface area contributed by atoms with Gasteiger partial charge in [0.2, 0.25) is 0 Å². The molecular weight excluding hydrogens is 352 g/mol. The molecule has 2 rings (SSSR count). The van der Waals surface area contributed by atoms with Crippen molar-refractivity contribution in [2.75, 3.05) is 19.0 Å². The third-order valence-corrected chi connectivity index (χ3v) is 3.66. The van der Waals surface area contributed by atoms with Gasteiger partial charge in [0.05, 0.1) is 12.3 Å². The molecule has 0 unspecified atom stereocenters. The third kappa shape index (κ3) is 6.10. The second-order valence-corrected chi connectivity index (χ2v) is 7.12. The molecule has 27 heavy (non-hydrogen) atoms. The van der Waals surface area contributed by atoms with Crippen LogP contribution in [0, 0.1) is 5.41 Å². The summed E-state index contributed by atoms with van der Waals surface area (Å²) >= 11 is 0. The molecule has 1 aromatic rings. The Morgan fingerprint density at radius 3 is 2.81 bits per heavy atom. The molecule has 1 aromatic heterocycles. The standard InChI is InChI=1S/C17H26N6O4/c1-17(2,3)21-16(25)27-10-7-13(26-9-10)12-8-14(23-22-12)20-15(24)11(19-4)5-6-18/h5-6,8,10,13,18-19H,7,9H2,1-4H3,(H,21,25)(H2,20,22,23,24)/b11-5-,18-6?/t10-,13-/m1/s1. The van der Waals surface area contributed by atoms with E-state index in [-0.39, 0.29) is 30.1 Å². The van der Waals surface area contributed by atoms with Crippen LogP contribution in [-0.2, 0) is 14.3 Å². The van der Waals surface area contributed by atoms with Crippen molar-refractivity contribution in [2.45, 2.75) is 44.9 Å². The van der Waals surface area contributed by atoms with Gasteiger partial charge in [-0.05, 0) is 26.8 Å². The summed E-state index contributed by atoms with van der Waals surface area (Å²) in [7, 11) is 1.59. The first kappa shape index (κ1) is 20.4. The largest absolute Gasteiger partial charge is 0.444 e. The van der Waals surface area contributed by atoms with E-state index in [9.17, 15) is 9.59 Å². The second-order valence-electron chi connectivity index (χ2n) is 7.12. The number of hydrogen-bond acceptors (Lipinski definition) is 7. The smallest absolute Gasteiger partial charge is 0.407 e. The molecule has 2 amide bonds. The maximum Gasteiger partial charge on any atom is 0.407 e. The van der Waals surface area contributed by atoms with Crippen molar-refractivity contribution in [3.05, 3.63) is 23.5 Å². The molecule has 0 saturated carbocycles. The Labute approximate surface area is 157 Å². The SMILES string of the molecule is CN/C(=C\C=N)C(=O)Nc1cc([C@H]2C[C@@H](OC(=O)NC(C)(C)C)CO2)[nH]n1. The molecule has 2 heterocycles. The van der Waals surface area contributed by atoms with Crippen LogP contribution in [0.3, 0.4) is 0 Å². The zero-order valence-corrected chi connectivity index (χ0v) is 15.9. The highest BCUT2D eigenvalue weighted by Crippen LogP contribution is 2.30. The molecule has 10 nitrogen and oxygen atoms in total. The fourth-order valence-corrected chi connectivity index (χ4v) is 2.49. The number of rotatable bonds is 6. The first-order valence-corrected chi connectivity index (χ1v) is 8.57. The molecule has 0 radical (unpaired) electrons. The number of nitrogens with one attached hydrogen (secondary N) is 5. The van der Waals surface area contributed by atoms with Crippen molar-refractivity contribution in [3.8, 4) is 0 Å².